The van der Waals surface area contributed by atoms with Crippen LogP contribution in [-0.4, -0.2) is 45.6 Å². The third-order valence-corrected chi connectivity index (χ3v) is 6.87. The molecule has 33 heavy (non-hydrogen) atoms. The molecule has 2 saturated heterocycles. The lowest BCUT2D eigenvalue weighted by molar-refractivity contribution is -0.122. The van der Waals surface area contributed by atoms with E-state index in [1.165, 1.54) is 5.56 Å². The zero-order valence-corrected chi connectivity index (χ0v) is 19.1. The monoisotopic (exact) mass is 466 g/mol. The van der Waals surface area contributed by atoms with Crippen LogP contribution >= 0.6 is 11.6 Å². The fourth-order valence-electron chi connectivity index (χ4n) is 4.73. The van der Waals surface area contributed by atoms with Crippen molar-refractivity contribution in [2.75, 3.05) is 24.5 Å². The van der Waals surface area contributed by atoms with Gasteiger partial charge in [-0.1, -0.05) is 28.9 Å². The SMILES string of the molecule is NC(=O)C1CCN(c2cc(-c3noc(C4CCCN4Cc4ccc(Cl)cc4)n3)ccn2)CC1. The standard InChI is InChI=1S/C24H27ClN6O2/c25-19-5-3-16(4-6-19)15-31-11-1-2-20(31)24-28-23(29-33-24)18-7-10-27-21(14-18)30-12-8-17(9-13-30)22(26)32/h3-7,10,14,17,20H,1-2,8-9,11-13,15H2,(H2,26,32). The molecule has 1 unspecified atom stereocenters. The van der Waals surface area contributed by atoms with Gasteiger partial charge in [0.25, 0.3) is 0 Å². The van der Waals surface area contributed by atoms with Crippen LogP contribution in [0.25, 0.3) is 11.4 Å². The number of nitrogens with zero attached hydrogens (tertiary/aromatic N) is 5. The summed E-state index contributed by atoms with van der Waals surface area (Å²) in [6.07, 6.45) is 5.35. The van der Waals surface area contributed by atoms with Gasteiger partial charge in [-0.2, -0.15) is 4.98 Å². The number of rotatable bonds is 6. The lowest BCUT2D eigenvalue weighted by Crippen LogP contribution is -2.38. The number of hydrogen-bond acceptors (Lipinski definition) is 7. The number of pyridine rings is 1. The summed E-state index contributed by atoms with van der Waals surface area (Å²) in [7, 11) is 0. The summed E-state index contributed by atoms with van der Waals surface area (Å²) in [6.45, 7) is 3.32. The molecule has 5 rings (SSSR count). The molecule has 0 bridgehead atoms. The second-order valence-corrected chi connectivity index (χ2v) is 9.21. The van der Waals surface area contributed by atoms with Crippen molar-refractivity contribution in [2.24, 2.45) is 11.7 Å². The number of carbonyl (C=O) groups excluding carboxylic acids is 1. The fraction of sp³-hybridized carbons (Fsp3) is 0.417. The van der Waals surface area contributed by atoms with E-state index in [0.29, 0.717) is 11.7 Å². The molecular weight excluding hydrogens is 440 g/mol. The Morgan fingerprint density at radius 1 is 1.12 bits per heavy atom. The van der Waals surface area contributed by atoms with Gasteiger partial charge >= 0.3 is 0 Å². The highest BCUT2D eigenvalue weighted by atomic mass is 35.5. The van der Waals surface area contributed by atoms with Crippen LogP contribution in [0, 0.1) is 5.92 Å². The summed E-state index contributed by atoms with van der Waals surface area (Å²) < 4.78 is 5.71. The minimum atomic E-state index is -0.215. The van der Waals surface area contributed by atoms with E-state index in [1.54, 1.807) is 6.20 Å². The van der Waals surface area contributed by atoms with E-state index in [1.807, 2.05) is 24.3 Å². The van der Waals surface area contributed by atoms with Gasteiger partial charge in [0.15, 0.2) is 0 Å². The molecule has 1 amide bonds. The normalized spacial score (nSPS) is 19.8. The molecule has 172 valence electrons. The molecule has 1 atom stereocenters. The first kappa shape index (κ1) is 21.9. The van der Waals surface area contributed by atoms with E-state index < -0.39 is 0 Å². The third kappa shape index (κ3) is 4.86. The number of halogens is 1. The first-order valence-corrected chi connectivity index (χ1v) is 11.8. The summed E-state index contributed by atoms with van der Waals surface area (Å²) in [5.41, 5.74) is 7.54. The number of aromatic nitrogens is 3. The third-order valence-electron chi connectivity index (χ3n) is 6.61. The fourth-order valence-corrected chi connectivity index (χ4v) is 4.86. The molecule has 2 aliphatic rings. The summed E-state index contributed by atoms with van der Waals surface area (Å²) >= 11 is 6.02. The predicted molar refractivity (Wildman–Crippen MR) is 125 cm³/mol. The number of anilines is 1. The highest BCUT2D eigenvalue weighted by Gasteiger charge is 2.31. The van der Waals surface area contributed by atoms with Crippen molar-refractivity contribution >= 4 is 23.3 Å². The maximum Gasteiger partial charge on any atom is 0.244 e. The average Bonchev–Trinajstić information content (AvgIpc) is 3.50. The summed E-state index contributed by atoms with van der Waals surface area (Å²) in [6, 6.07) is 11.9. The van der Waals surface area contributed by atoms with Gasteiger partial charge in [0.1, 0.15) is 5.82 Å². The maximum absolute atomic E-state index is 11.4. The van der Waals surface area contributed by atoms with Crippen molar-refractivity contribution in [3.63, 3.8) is 0 Å². The highest BCUT2D eigenvalue weighted by molar-refractivity contribution is 6.30. The Kier molecular flexibility index (Phi) is 6.28. The van der Waals surface area contributed by atoms with Gasteiger partial charge in [0.2, 0.25) is 17.6 Å². The average molecular weight is 467 g/mol. The number of benzene rings is 1. The molecule has 4 heterocycles. The Morgan fingerprint density at radius 3 is 2.67 bits per heavy atom. The molecule has 0 aliphatic carbocycles. The van der Waals surface area contributed by atoms with Crippen LogP contribution in [0.4, 0.5) is 5.82 Å². The smallest absolute Gasteiger partial charge is 0.244 e. The summed E-state index contributed by atoms with van der Waals surface area (Å²) in [5.74, 6) is 1.81. The van der Waals surface area contributed by atoms with Crippen molar-refractivity contribution in [3.05, 3.63) is 59.1 Å². The molecule has 9 heteroatoms. The van der Waals surface area contributed by atoms with Crippen LogP contribution in [-0.2, 0) is 11.3 Å². The van der Waals surface area contributed by atoms with Crippen LogP contribution in [0.5, 0.6) is 0 Å². The van der Waals surface area contributed by atoms with Crippen molar-refractivity contribution in [2.45, 2.75) is 38.3 Å². The lowest BCUT2D eigenvalue weighted by atomic mass is 9.96. The minimum Gasteiger partial charge on any atom is -0.369 e. The Hall–Kier alpha value is -2.97. The number of carbonyl (C=O) groups is 1. The van der Waals surface area contributed by atoms with E-state index in [-0.39, 0.29) is 17.9 Å². The molecule has 8 nitrogen and oxygen atoms in total. The van der Waals surface area contributed by atoms with Crippen molar-refractivity contribution in [3.8, 4) is 11.4 Å². The van der Waals surface area contributed by atoms with Gasteiger partial charge in [-0.25, -0.2) is 4.98 Å². The molecule has 3 aromatic rings. The number of piperidine rings is 1. The molecule has 0 radical (unpaired) electrons. The summed E-state index contributed by atoms with van der Waals surface area (Å²) in [5, 5.41) is 5.01. The van der Waals surface area contributed by atoms with E-state index in [2.05, 4.69) is 32.1 Å². The van der Waals surface area contributed by atoms with Crippen LogP contribution in [0.1, 0.15) is 43.2 Å². The maximum atomic E-state index is 11.4. The van der Waals surface area contributed by atoms with E-state index in [4.69, 9.17) is 26.8 Å². The second kappa shape index (κ2) is 9.49. The van der Waals surface area contributed by atoms with Crippen molar-refractivity contribution in [1.82, 2.24) is 20.0 Å². The van der Waals surface area contributed by atoms with Crippen LogP contribution in [0.2, 0.25) is 5.02 Å². The van der Waals surface area contributed by atoms with Gasteiger partial charge in [0, 0.05) is 42.3 Å². The lowest BCUT2D eigenvalue weighted by Gasteiger charge is -2.31. The van der Waals surface area contributed by atoms with E-state index in [0.717, 1.165) is 68.3 Å². The van der Waals surface area contributed by atoms with Gasteiger partial charge in [-0.3, -0.25) is 9.69 Å². The minimum absolute atomic E-state index is 0.0496. The van der Waals surface area contributed by atoms with Gasteiger partial charge in [-0.15, -0.1) is 0 Å². The van der Waals surface area contributed by atoms with Gasteiger partial charge < -0.3 is 15.2 Å². The number of amides is 1. The Balaban J connectivity index is 1.29. The van der Waals surface area contributed by atoms with Crippen molar-refractivity contribution in [1.29, 1.82) is 0 Å². The topological polar surface area (TPSA) is 101 Å². The zero-order chi connectivity index (χ0) is 22.8. The molecule has 2 N–H and O–H groups in total. The molecule has 0 spiro atoms. The van der Waals surface area contributed by atoms with Crippen LogP contribution < -0.4 is 10.6 Å². The molecule has 0 saturated carbocycles. The predicted octanol–water partition coefficient (Wildman–Crippen LogP) is 3.82. The van der Waals surface area contributed by atoms with Crippen LogP contribution in [0.3, 0.4) is 0 Å². The van der Waals surface area contributed by atoms with Crippen LogP contribution in [0.15, 0.2) is 47.1 Å². The van der Waals surface area contributed by atoms with Gasteiger partial charge in [0.05, 0.1) is 6.04 Å². The Morgan fingerprint density at radius 2 is 1.91 bits per heavy atom. The number of primary amides is 1. The Bertz CT molecular complexity index is 1110. The largest absolute Gasteiger partial charge is 0.369 e. The quantitative estimate of drug-likeness (QED) is 0.589. The highest BCUT2D eigenvalue weighted by Crippen LogP contribution is 2.34. The molecule has 2 aliphatic heterocycles. The van der Waals surface area contributed by atoms with Crippen molar-refractivity contribution < 1.29 is 9.32 Å². The Labute approximate surface area is 197 Å². The molecule has 2 aromatic heterocycles. The molecule has 1 aromatic carbocycles. The van der Waals surface area contributed by atoms with E-state index >= 15 is 0 Å². The van der Waals surface area contributed by atoms with Gasteiger partial charge in [-0.05, 0) is 62.1 Å². The zero-order valence-electron chi connectivity index (χ0n) is 18.4. The molecular formula is C24H27ClN6O2. The number of likely N-dealkylation sites (tertiary alicyclic amines) is 1. The molecule has 2 fully saturated rings. The second-order valence-electron chi connectivity index (χ2n) is 8.78. The number of nitrogens with two attached hydrogens (primary N) is 1. The first-order chi connectivity index (χ1) is 16.1. The first-order valence-electron chi connectivity index (χ1n) is 11.4. The number of hydrogen-bond donors (Lipinski definition) is 1. The van der Waals surface area contributed by atoms with E-state index in [9.17, 15) is 4.79 Å². The summed E-state index contributed by atoms with van der Waals surface area (Å²) in [4.78, 5) is 25.2.